The van der Waals surface area contributed by atoms with Crippen LogP contribution in [-0.2, 0) is 34.8 Å². The molecule has 1 saturated heterocycles. The fourth-order valence-electron chi connectivity index (χ4n) is 6.11. The maximum Gasteiger partial charge on any atom is 0.416 e. The minimum Gasteiger partial charge on any atom is -0.335 e. The van der Waals surface area contributed by atoms with Crippen LogP contribution in [0.5, 0.6) is 0 Å². The molecule has 1 fully saturated rings. The molecule has 0 aliphatic carbocycles. The van der Waals surface area contributed by atoms with Crippen molar-refractivity contribution in [2.24, 2.45) is 23.1 Å². The summed E-state index contributed by atoms with van der Waals surface area (Å²) in [5.41, 5.74) is 17.7. The first-order valence-corrected chi connectivity index (χ1v) is 16.4. The Labute approximate surface area is 278 Å². The lowest BCUT2D eigenvalue weighted by molar-refractivity contribution is -0.149. The molecule has 1 aliphatic rings. The average Bonchev–Trinajstić information content (AvgIpc) is 3.01. The van der Waals surface area contributed by atoms with E-state index in [0.717, 1.165) is 43.7 Å². The van der Waals surface area contributed by atoms with Gasteiger partial charge in [0.2, 0.25) is 11.8 Å². The first kappa shape index (κ1) is 39.2. The molecule has 4 atom stereocenters. The molecular weight excluding hydrogens is 638 g/mol. The van der Waals surface area contributed by atoms with Crippen LogP contribution in [0, 0.1) is 5.92 Å². The molecule has 3 rings (SSSR count). The SMILES string of the molecule is CC(C)C[C@@H]1CN(C(=O)C(N)Cc2ccc(C(F)(F)F)cc2)[C@@H](CCCCNCCN)CN1C(=O)C(N)Cc1ccc(C(F)(F)F)cc1. The van der Waals surface area contributed by atoms with E-state index in [1.807, 2.05) is 13.8 Å². The summed E-state index contributed by atoms with van der Waals surface area (Å²) in [4.78, 5) is 31.1. The number of piperazine rings is 1. The van der Waals surface area contributed by atoms with Crippen LogP contribution in [0.1, 0.15) is 61.8 Å². The molecule has 0 aromatic heterocycles. The lowest BCUT2D eigenvalue weighted by atomic mass is 9.93. The number of alkyl halides is 6. The van der Waals surface area contributed by atoms with Crippen molar-refractivity contribution in [2.45, 2.75) is 88.9 Å². The second-order valence-corrected chi connectivity index (χ2v) is 13.0. The number of rotatable bonds is 15. The van der Waals surface area contributed by atoms with Gasteiger partial charge in [0, 0.05) is 38.3 Å². The number of benzene rings is 2. The van der Waals surface area contributed by atoms with E-state index in [1.54, 1.807) is 9.80 Å². The molecule has 0 radical (unpaired) electrons. The summed E-state index contributed by atoms with van der Waals surface area (Å²) in [5, 5.41) is 3.23. The standard InChI is InChI=1S/C34H48F6N6O2/c1-22(2)17-28-21-45(31(47)29(42)18-23-6-10-25(11-7-23)33(35,36)37)27(5-3-4-15-44-16-14-41)20-46(28)32(48)30(43)19-24-8-12-26(13-9-24)34(38,39)40/h6-13,22,27-30,44H,3-5,14-21,41-43H2,1-2H3/t27-,28+,29?,30?/m0/s1. The van der Waals surface area contributed by atoms with Gasteiger partial charge < -0.3 is 32.3 Å². The van der Waals surface area contributed by atoms with Gasteiger partial charge in [-0.25, -0.2) is 0 Å². The molecule has 268 valence electrons. The number of hydrogen-bond donors (Lipinski definition) is 4. The number of nitrogens with one attached hydrogen (secondary N) is 1. The largest absolute Gasteiger partial charge is 0.416 e. The highest BCUT2D eigenvalue weighted by Gasteiger charge is 2.41. The molecule has 2 unspecified atom stereocenters. The smallest absolute Gasteiger partial charge is 0.335 e. The number of nitrogens with zero attached hydrogens (tertiary/aromatic N) is 2. The molecule has 2 aromatic carbocycles. The van der Waals surface area contributed by atoms with Gasteiger partial charge in [0.1, 0.15) is 0 Å². The summed E-state index contributed by atoms with van der Waals surface area (Å²) < 4.78 is 78.2. The highest BCUT2D eigenvalue weighted by Crippen LogP contribution is 2.31. The summed E-state index contributed by atoms with van der Waals surface area (Å²) in [6.07, 6.45) is -6.22. The molecule has 2 amide bonds. The Morgan fingerprint density at radius 2 is 1.19 bits per heavy atom. The number of nitrogens with two attached hydrogens (primary N) is 3. The van der Waals surface area contributed by atoms with Gasteiger partial charge in [0.05, 0.1) is 23.2 Å². The van der Waals surface area contributed by atoms with E-state index in [-0.39, 0.29) is 49.7 Å². The van der Waals surface area contributed by atoms with E-state index >= 15 is 0 Å². The maximum absolute atomic E-state index is 13.9. The lowest BCUT2D eigenvalue weighted by Crippen LogP contribution is -2.65. The molecule has 0 spiro atoms. The van der Waals surface area contributed by atoms with E-state index in [1.165, 1.54) is 24.3 Å². The van der Waals surface area contributed by atoms with Crippen molar-refractivity contribution in [3.05, 3.63) is 70.8 Å². The van der Waals surface area contributed by atoms with Gasteiger partial charge in [0.15, 0.2) is 0 Å². The molecule has 0 bridgehead atoms. The summed E-state index contributed by atoms with van der Waals surface area (Å²) in [6, 6.07) is 6.31. The molecule has 8 nitrogen and oxygen atoms in total. The highest BCUT2D eigenvalue weighted by atomic mass is 19.4. The van der Waals surface area contributed by atoms with Crippen LogP contribution in [0.15, 0.2) is 48.5 Å². The van der Waals surface area contributed by atoms with Gasteiger partial charge in [-0.15, -0.1) is 0 Å². The second kappa shape index (κ2) is 17.5. The van der Waals surface area contributed by atoms with Gasteiger partial charge in [-0.3, -0.25) is 9.59 Å². The van der Waals surface area contributed by atoms with Gasteiger partial charge >= 0.3 is 12.4 Å². The highest BCUT2D eigenvalue weighted by molar-refractivity contribution is 5.85. The third kappa shape index (κ3) is 11.5. The minimum absolute atomic E-state index is 0.0404. The summed E-state index contributed by atoms with van der Waals surface area (Å²) >= 11 is 0. The molecule has 7 N–H and O–H groups in total. The van der Waals surface area contributed by atoms with E-state index in [0.29, 0.717) is 37.1 Å². The Hall–Kier alpha value is -3.20. The van der Waals surface area contributed by atoms with Gasteiger partial charge in [-0.1, -0.05) is 44.5 Å². The van der Waals surface area contributed by atoms with E-state index in [9.17, 15) is 35.9 Å². The minimum atomic E-state index is -4.48. The van der Waals surface area contributed by atoms with Gasteiger partial charge in [0.25, 0.3) is 0 Å². The Bertz CT molecular complexity index is 1300. The second-order valence-electron chi connectivity index (χ2n) is 13.0. The van der Waals surface area contributed by atoms with E-state index < -0.39 is 41.6 Å². The third-order valence-corrected chi connectivity index (χ3v) is 8.58. The zero-order chi connectivity index (χ0) is 35.6. The number of unbranched alkanes of at least 4 members (excludes halogenated alkanes) is 1. The van der Waals surface area contributed by atoms with Crippen molar-refractivity contribution in [1.29, 1.82) is 0 Å². The predicted molar refractivity (Wildman–Crippen MR) is 172 cm³/mol. The van der Waals surface area contributed by atoms with Gasteiger partial charge in [-0.05, 0) is 80.0 Å². The molecule has 1 heterocycles. The maximum atomic E-state index is 13.9. The molecule has 48 heavy (non-hydrogen) atoms. The quantitative estimate of drug-likeness (QED) is 0.163. The van der Waals surface area contributed by atoms with Crippen LogP contribution >= 0.6 is 0 Å². The molecule has 14 heteroatoms. The average molecular weight is 687 g/mol. The van der Waals surface area contributed by atoms with Crippen molar-refractivity contribution in [3.8, 4) is 0 Å². The predicted octanol–water partition coefficient (Wildman–Crippen LogP) is 4.34. The topological polar surface area (TPSA) is 131 Å². The lowest BCUT2D eigenvalue weighted by Gasteiger charge is -2.48. The summed E-state index contributed by atoms with van der Waals surface area (Å²) in [7, 11) is 0. The number of carbonyl (C=O) groups is 2. The van der Waals surface area contributed by atoms with Crippen molar-refractivity contribution in [1.82, 2.24) is 15.1 Å². The number of amides is 2. The number of halogens is 6. The molecule has 1 aliphatic heterocycles. The van der Waals surface area contributed by atoms with E-state index in [4.69, 9.17) is 17.2 Å². The van der Waals surface area contributed by atoms with Crippen LogP contribution in [0.25, 0.3) is 0 Å². The van der Waals surface area contributed by atoms with Crippen LogP contribution in [0.3, 0.4) is 0 Å². The van der Waals surface area contributed by atoms with Crippen molar-refractivity contribution >= 4 is 11.8 Å². The Morgan fingerprint density at radius 3 is 1.60 bits per heavy atom. The third-order valence-electron chi connectivity index (χ3n) is 8.58. The van der Waals surface area contributed by atoms with Crippen LogP contribution < -0.4 is 22.5 Å². The Kier molecular flexibility index (Phi) is 14.3. The fourth-order valence-corrected chi connectivity index (χ4v) is 6.11. The first-order valence-electron chi connectivity index (χ1n) is 16.4. The number of hydrogen-bond acceptors (Lipinski definition) is 6. The van der Waals surface area contributed by atoms with Crippen molar-refractivity contribution in [3.63, 3.8) is 0 Å². The fraction of sp³-hybridized carbons (Fsp3) is 0.588. The zero-order valence-electron chi connectivity index (χ0n) is 27.5. The van der Waals surface area contributed by atoms with Gasteiger partial charge in [-0.2, -0.15) is 26.3 Å². The number of carbonyl (C=O) groups excluding carboxylic acids is 2. The van der Waals surface area contributed by atoms with Crippen LogP contribution in [0.2, 0.25) is 0 Å². The Balaban J connectivity index is 1.80. The van der Waals surface area contributed by atoms with Crippen molar-refractivity contribution < 1.29 is 35.9 Å². The summed E-state index contributed by atoms with van der Waals surface area (Å²) in [6.45, 7) is 6.29. The molecule has 0 saturated carbocycles. The van der Waals surface area contributed by atoms with Crippen molar-refractivity contribution in [2.75, 3.05) is 32.7 Å². The molecular formula is C34H48F6N6O2. The molecule has 2 aromatic rings. The Morgan fingerprint density at radius 1 is 0.750 bits per heavy atom. The van der Waals surface area contributed by atoms with Crippen LogP contribution in [0.4, 0.5) is 26.3 Å². The first-order chi connectivity index (χ1) is 22.5. The zero-order valence-corrected chi connectivity index (χ0v) is 27.5. The summed E-state index contributed by atoms with van der Waals surface area (Å²) in [5.74, 6) is -0.549. The van der Waals surface area contributed by atoms with Crippen LogP contribution in [-0.4, -0.2) is 78.5 Å². The van der Waals surface area contributed by atoms with E-state index in [2.05, 4.69) is 5.32 Å². The normalized spacial score (nSPS) is 18.7. The monoisotopic (exact) mass is 686 g/mol.